The maximum Gasteiger partial charge on any atom is 0.335 e. The zero-order valence-corrected chi connectivity index (χ0v) is 12.5. The molecule has 2 N–H and O–H groups in total. The number of allylic oxidation sites excluding steroid dienone is 4. The molecular formula is C19H21NO2. The first-order valence-corrected chi connectivity index (χ1v) is 8.19. The molecule has 0 saturated heterocycles. The van der Waals surface area contributed by atoms with E-state index >= 15 is 0 Å². The Hall–Kier alpha value is -2.03. The Bertz CT molecular complexity index is 661. The zero-order chi connectivity index (χ0) is 15.1. The summed E-state index contributed by atoms with van der Waals surface area (Å²) in [6.07, 6.45) is 13.8. The number of rotatable bonds is 2. The predicted octanol–water partition coefficient (Wildman–Crippen LogP) is 4.19. The highest BCUT2D eigenvalue weighted by Gasteiger charge is 2.40. The molecule has 22 heavy (non-hydrogen) atoms. The molecule has 1 aromatic rings. The van der Waals surface area contributed by atoms with E-state index in [1.165, 1.54) is 12.8 Å². The first kappa shape index (κ1) is 13.6. The molecule has 1 aromatic carbocycles. The van der Waals surface area contributed by atoms with Gasteiger partial charge in [0, 0.05) is 17.6 Å². The van der Waals surface area contributed by atoms with Crippen LogP contribution in [0.1, 0.15) is 47.5 Å². The summed E-state index contributed by atoms with van der Waals surface area (Å²) < 4.78 is 0. The molecule has 0 fully saturated rings. The van der Waals surface area contributed by atoms with Crippen molar-refractivity contribution < 1.29 is 9.90 Å². The highest BCUT2D eigenvalue weighted by molar-refractivity contribution is 5.88. The van der Waals surface area contributed by atoms with Crippen LogP contribution in [0.4, 0.5) is 5.69 Å². The molecule has 0 bridgehead atoms. The molecule has 4 atom stereocenters. The molecule has 0 unspecified atom stereocenters. The number of fused-ring (bicyclic) bond motifs is 3. The van der Waals surface area contributed by atoms with Gasteiger partial charge in [0.1, 0.15) is 0 Å². The van der Waals surface area contributed by atoms with Gasteiger partial charge in [-0.15, -0.1) is 0 Å². The second-order valence-corrected chi connectivity index (χ2v) is 6.68. The van der Waals surface area contributed by atoms with Crippen molar-refractivity contribution in [3.63, 3.8) is 0 Å². The minimum absolute atomic E-state index is 0.367. The van der Waals surface area contributed by atoms with Crippen LogP contribution in [-0.2, 0) is 0 Å². The van der Waals surface area contributed by atoms with Crippen molar-refractivity contribution in [1.29, 1.82) is 0 Å². The lowest BCUT2D eigenvalue weighted by atomic mass is 9.72. The Balaban J connectivity index is 1.70. The number of hydrogen-bond donors (Lipinski definition) is 2. The van der Waals surface area contributed by atoms with Gasteiger partial charge < -0.3 is 10.4 Å². The number of carbonyl (C=O) groups is 1. The number of carboxylic acid groups (broad SMARTS) is 1. The number of aromatic carboxylic acids is 1. The predicted molar refractivity (Wildman–Crippen MR) is 87.3 cm³/mol. The SMILES string of the molecule is O=C(O)c1ccc2c(c1)[C@@H]1C=CC[C@@H]1[C@@H]([C@H]1CC=CCC1)N2. The Labute approximate surface area is 130 Å². The summed E-state index contributed by atoms with van der Waals surface area (Å²) in [6.45, 7) is 0. The van der Waals surface area contributed by atoms with Gasteiger partial charge in [-0.2, -0.15) is 0 Å². The topological polar surface area (TPSA) is 49.3 Å². The average molecular weight is 295 g/mol. The average Bonchev–Trinajstić information content (AvgIpc) is 3.04. The maximum absolute atomic E-state index is 11.2. The van der Waals surface area contributed by atoms with Crippen molar-refractivity contribution in [3.8, 4) is 0 Å². The molecule has 114 valence electrons. The lowest BCUT2D eigenvalue weighted by molar-refractivity contribution is 0.0696. The highest BCUT2D eigenvalue weighted by atomic mass is 16.4. The molecule has 0 spiro atoms. The number of nitrogens with one attached hydrogen (secondary N) is 1. The summed E-state index contributed by atoms with van der Waals surface area (Å²) in [5.74, 6) is 0.769. The van der Waals surface area contributed by atoms with E-state index in [0.717, 1.165) is 24.1 Å². The summed E-state index contributed by atoms with van der Waals surface area (Å²) in [4.78, 5) is 11.2. The molecule has 2 aliphatic carbocycles. The van der Waals surface area contributed by atoms with E-state index < -0.39 is 5.97 Å². The molecule has 3 aliphatic rings. The third-order valence-electron chi connectivity index (χ3n) is 5.47. The Morgan fingerprint density at radius 1 is 1.18 bits per heavy atom. The van der Waals surface area contributed by atoms with E-state index in [1.807, 2.05) is 12.1 Å². The van der Waals surface area contributed by atoms with Gasteiger partial charge >= 0.3 is 5.97 Å². The van der Waals surface area contributed by atoms with Gasteiger partial charge in [-0.3, -0.25) is 0 Å². The Kier molecular flexibility index (Phi) is 3.29. The first-order valence-electron chi connectivity index (χ1n) is 8.19. The van der Waals surface area contributed by atoms with E-state index in [4.69, 9.17) is 0 Å². The largest absolute Gasteiger partial charge is 0.478 e. The minimum atomic E-state index is -0.846. The molecule has 3 heteroatoms. The number of benzene rings is 1. The van der Waals surface area contributed by atoms with E-state index in [-0.39, 0.29) is 0 Å². The van der Waals surface area contributed by atoms with Crippen molar-refractivity contribution in [2.45, 2.75) is 37.6 Å². The fraction of sp³-hybridized carbons (Fsp3) is 0.421. The summed E-state index contributed by atoms with van der Waals surface area (Å²) in [7, 11) is 0. The fourth-order valence-corrected chi connectivity index (χ4v) is 4.38. The number of hydrogen-bond acceptors (Lipinski definition) is 2. The van der Waals surface area contributed by atoms with Gasteiger partial charge in [-0.1, -0.05) is 24.3 Å². The summed E-state index contributed by atoms with van der Waals surface area (Å²) in [6, 6.07) is 6.01. The van der Waals surface area contributed by atoms with Crippen LogP contribution in [-0.4, -0.2) is 17.1 Å². The van der Waals surface area contributed by atoms with Crippen LogP contribution in [0, 0.1) is 11.8 Å². The summed E-state index contributed by atoms with van der Waals surface area (Å²) in [5, 5.41) is 13.0. The van der Waals surface area contributed by atoms with Gasteiger partial charge in [0.25, 0.3) is 0 Å². The van der Waals surface area contributed by atoms with Gasteiger partial charge in [-0.05, 0) is 61.3 Å². The van der Waals surface area contributed by atoms with Crippen molar-refractivity contribution in [1.82, 2.24) is 0 Å². The van der Waals surface area contributed by atoms with Crippen LogP contribution < -0.4 is 5.32 Å². The van der Waals surface area contributed by atoms with Crippen LogP contribution >= 0.6 is 0 Å². The van der Waals surface area contributed by atoms with Gasteiger partial charge in [0.05, 0.1) is 5.56 Å². The van der Waals surface area contributed by atoms with Crippen LogP contribution in [0.2, 0.25) is 0 Å². The molecule has 3 nitrogen and oxygen atoms in total. The van der Waals surface area contributed by atoms with E-state index in [0.29, 0.717) is 29.4 Å². The van der Waals surface area contributed by atoms with E-state index in [9.17, 15) is 9.90 Å². The molecule has 1 aliphatic heterocycles. The summed E-state index contributed by atoms with van der Waals surface area (Å²) >= 11 is 0. The minimum Gasteiger partial charge on any atom is -0.478 e. The van der Waals surface area contributed by atoms with Crippen molar-refractivity contribution >= 4 is 11.7 Å². The van der Waals surface area contributed by atoms with Crippen molar-refractivity contribution in [3.05, 3.63) is 53.6 Å². The second kappa shape index (κ2) is 5.31. The molecule has 0 radical (unpaired) electrons. The Morgan fingerprint density at radius 2 is 2.09 bits per heavy atom. The standard InChI is InChI=1S/C19H21NO2/c21-19(22)13-9-10-17-16(11-13)14-7-4-8-15(14)18(20-17)12-5-2-1-3-6-12/h1-2,4,7,9-12,14-15,18,20H,3,5-6,8H2,(H,21,22)/t12-,14+,15-,18+/m0/s1. The molecule has 0 aromatic heterocycles. The first-order chi connectivity index (χ1) is 10.7. The van der Waals surface area contributed by atoms with E-state index in [1.54, 1.807) is 6.07 Å². The van der Waals surface area contributed by atoms with Crippen LogP contribution in [0.3, 0.4) is 0 Å². The van der Waals surface area contributed by atoms with Crippen LogP contribution in [0.25, 0.3) is 0 Å². The third kappa shape index (κ3) is 2.16. The molecule has 1 heterocycles. The quantitative estimate of drug-likeness (QED) is 0.804. The van der Waals surface area contributed by atoms with E-state index in [2.05, 4.69) is 29.6 Å². The van der Waals surface area contributed by atoms with Crippen molar-refractivity contribution in [2.75, 3.05) is 5.32 Å². The third-order valence-corrected chi connectivity index (χ3v) is 5.47. The molecular weight excluding hydrogens is 274 g/mol. The fourth-order valence-electron chi connectivity index (χ4n) is 4.38. The van der Waals surface area contributed by atoms with Crippen LogP contribution in [0.5, 0.6) is 0 Å². The maximum atomic E-state index is 11.2. The second-order valence-electron chi connectivity index (χ2n) is 6.68. The normalized spacial score (nSPS) is 32.2. The lowest BCUT2D eigenvalue weighted by Gasteiger charge is -2.42. The molecule has 0 saturated carbocycles. The summed E-state index contributed by atoms with van der Waals surface area (Å²) in [5.41, 5.74) is 2.66. The highest BCUT2D eigenvalue weighted by Crippen LogP contribution is 2.47. The number of carboxylic acids is 1. The van der Waals surface area contributed by atoms with Gasteiger partial charge in [-0.25, -0.2) is 4.79 Å². The van der Waals surface area contributed by atoms with Crippen molar-refractivity contribution in [2.24, 2.45) is 11.8 Å². The lowest BCUT2D eigenvalue weighted by Crippen LogP contribution is -2.41. The number of anilines is 1. The monoisotopic (exact) mass is 295 g/mol. The Morgan fingerprint density at radius 3 is 2.86 bits per heavy atom. The van der Waals surface area contributed by atoms with Gasteiger partial charge in [0.2, 0.25) is 0 Å². The smallest absolute Gasteiger partial charge is 0.335 e. The molecule has 4 rings (SSSR count). The molecule has 0 amide bonds. The van der Waals surface area contributed by atoms with Crippen LogP contribution in [0.15, 0.2) is 42.5 Å². The van der Waals surface area contributed by atoms with Gasteiger partial charge in [0.15, 0.2) is 0 Å². The zero-order valence-electron chi connectivity index (χ0n) is 12.5.